The normalized spacial score (nSPS) is 11.3. The molecule has 0 aliphatic rings. The van der Waals surface area contributed by atoms with Crippen molar-refractivity contribution in [3.8, 4) is 5.75 Å². The summed E-state index contributed by atoms with van der Waals surface area (Å²) in [5, 5.41) is 11.4. The van der Waals surface area contributed by atoms with E-state index in [4.69, 9.17) is 9.84 Å². The molecule has 0 heterocycles. The Bertz CT molecular complexity index is 475. The number of hydrogen-bond acceptors (Lipinski definition) is 3. The number of hydrogen-bond donors (Lipinski definition) is 2. The Morgan fingerprint density at radius 2 is 2.10 bits per heavy atom. The van der Waals surface area contributed by atoms with Crippen LogP contribution in [-0.2, 0) is 17.6 Å². The minimum Gasteiger partial charge on any atom is -0.483 e. The highest BCUT2D eigenvalue weighted by atomic mass is 19.4. The molecule has 118 valence electrons. The van der Waals surface area contributed by atoms with Crippen LogP contribution in [-0.4, -0.2) is 24.2 Å². The zero-order chi connectivity index (χ0) is 15.9. The molecule has 0 fully saturated rings. The molecule has 0 unspecified atom stereocenters. The first-order chi connectivity index (χ1) is 9.88. The highest BCUT2D eigenvalue weighted by molar-refractivity contribution is 5.77. The summed E-state index contributed by atoms with van der Waals surface area (Å²) in [4.78, 5) is 11.4. The van der Waals surface area contributed by atoms with Crippen molar-refractivity contribution in [2.24, 2.45) is 0 Å². The molecule has 7 heteroatoms. The zero-order valence-electron chi connectivity index (χ0n) is 11.7. The van der Waals surface area contributed by atoms with E-state index in [2.05, 4.69) is 5.32 Å². The molecule has 1 rings (SSSR count). The summed E-state index contributed by atoms with van der Waals surface area (Å²) < 4.78 is 43.6. The van der Waals surface area contributed by atoms with Gasteiger partial charge in [0.05, 0.1) is 12.2 Å². The van der Waals surface area contributed by atoms with Gasteiger partial charge in [-0.15, -0.1) is 0 Å². The Labute approximate surface area is 120 Å². The molecule has 1 aromatic rings. The fourth-order valence-corrected chi connectivity index (χ4v) is 1.62. The van der Waals surface area contributed by atoms with E-state index in [0.717, 1.165) is 25.0 Å². The van der Waals surface area contributed by atoms with Crippen molar-refractivity contribution in [3.05, 3.63) is 29.3 Å². The van der Waals surface area contributed by atoms with E-state index in [9.17, 15) is 18.0 Å². The molecule has 0 aliphatic carbocycles. The van der Waals surface area contributed by atoms with Crippen molar-refractivity contribution in [1.29, 1.82) is 0 Å². The number of carbonyl (C=O) groups is 1. The van der Waals surface area contributed by atoms with Gasteiger partial charge in [0.2, 0.25) is 0 Å². The third-order valence-corrected chi connectivity index (χ3v) is 2.74. The Hall–Kier alpha value is -1.76. The summed E-state index contributed by atoms with van der Waals surface area (Å²) in [6.07, 6.45) is -2.91. The Balaban J connectivity index is 2.72. The lowest BCUT2D eigenvalue weighted by molar-refractivity contribution is -0.139. The van der Waals surface area contributed by atoms with E-state index in [0.29, 0.717) is 6.54 Å². The topological polar surface area (TPSA) is 58.6 Å². The lowest BCUT2D eigenvalue weighted by Crippen LogP contribution is -2.30. The average molecular weight is 305 g/mol. The van der Waals surface area contributed by atoms with Gasteiger partial charge < -0.3 is 15.2 Å². The van der Waals surface area contributed by atoms with Crippen LogP contribution >= 0.6 is 0 Å². The van der Waals surface area contributed by atoms with Crippen molar-refractivity contribution in [1.82, 2.24) is 5.32 Å². The predicted octanol–water partition coefficient (Wildman–Crippen LogP) is 2.49. The minimum atomic E-state index is -4.61. The first-order valence-electron chi connectivity index (χ1n) is 6.59. The Morgan fingerprint density at radius 1 is 1.38 bits per heavy atom. The lowest BCUT2D eigenvalue weighted by atomic mass is 10.1. The van der Waals surface area contributed by atoms with Gasteiger partial charge >= 0.3 is 6.18 Å². The minimum absolute atomic E-state index is 0.127. The van der Waals surface area contributed by atoms with Crippen LogP contribution < -0.4 is 10.1 Å². The fraction of sp³-hybridized carbons (Fsp3) is 0.500. The van der Waals surface area contributed by atoms with E-state index in [1.165, 1.54) is 6.07 Å². The zero-order valence-corrected chi connectivity index (χ0v) is 11.7. The first-order valence-corrected chi connectivity index (χ1v) is 6.59. The van der Waals surface area contributed by atoms with Crippen LogP contribution in [0.1, 0.15) is 30.9 Å². The molecule has 0 radical (unpaired) electrons. The molecule has 0 spiro atoms. The molecular weight excluding hydrogens is 287 g/mol. The molecule has 0 aromatic heterocycles. The van der Waals surface area contributed by atoms with E-state index >= 15 is 0 Å². The van der Waals surface area contributed by atoms with Gasteiger partial charge in [-0.3, -0.25) is 4.79 Å². The molecule has 0 bridgehead atoms. The molecule has 21 heavy (non-hydrogen) atoms. The van der Waals surface area contributed by atoms with Gasteiger partial charge in [-0.2, -0.15) is 13.2 Å². The van der Waals surface area contributed by atoms with Crippen LogP contribution in [0, 0.1) is 0 Å². The van der Waals surface area contributed by atoms with Gasteiger partial charge in [0.25, 0.3) is 5.91 Å². The van der Waals surface area contributed by atoms with Gasteiger partial charge in [0.1, 0.15) is 5.75 Å². The van der Waals surface area contributed by atoms with Gasteiger partial charge in [-0.25, -0.2) is 0 Å². The maximum Gasteiger partial charge on any atom is 0.419 e. The first kappa shape index (κ1) is 17.3. The van der Waals surface area contributed by atoms with Gasteiger partial charge in [-0.1, -0.05) is 19.4 Å². The highest BCUT2D eigenvalue weighted by Crippen LogP contribution is 2.36. The van der Waals surface area contributed by atoms with Crippen LogP contribution in [0.5, 0.6) is 5.75 Å². The number of unbranched alkanes of at least 4 members (excludes halogenated alkanes) is 1. The number of aliphatic hydroxyl groups excluding tert-OH is 1. The summed E-state index contributed by atoms with van der Waals surface area (Å²) in [5.74, 6) is -0.895. The van der Waals surface area contributed by atoms with Gasteiger partial charge in [0, 0.05) is 6.54 Å². The van der Waals surface area contributed by atoms with Crippen LogP contribution in [0.25, 0.3) is 0 Å². The number of nitrogens with one attached hydrogen (secondary N) is 1. The number of ether oxygens (including phenoxy) is 1. The summed E-state index contributed by atoms with van der Waals surface area (Å²) in [7, 11) is 0. The van der Waals surface area contributed by atoms with Crippen molar-refractivity contribution in [2.75, 3.05) is 13.2 Å². The summed E-state index contributed by atoms with van der Waals surface area (Å²) in [5.41, 5.74) is -0.877. The SMILES string of the molecule is CCCCNC(=O)COc1ccc(CO)cc1C(F)(F)F. The smallest absolute Gasteiger partial charge is 0.419 e. The fourth-order valence-electron chi connectivity index (χ4n) is 1.62. The third kappa shape index (κ3) is 5.63. The van der Waals surface area contributed by atoms with Gasteiger partial charge in [0.15, 0.2) is 6.61 Å². The Morgan fingerprint density at radius 3 is 2.67 bits per heavy atom. The third-order valence-electron chi connectivity index (χ3n) is 2.74. The average Bonchev–Trinajstić information content (AvgIpc) is 2.44. The summed E-state index contributed by atoms with van der Waals surface area (Å²) >= 11 is 0. The molecule has 2 N–H and O–H groups in total. The number of benzene rings is 1. The van der Waals surface area contributed by atoms with E-state index in [-0.39, 0.29) is 5.56 Å². The molecule has 4 nitrogen and oxygen atoms in total. The van der Waals surface area contributed by atoms with Crippen LogP contribution in [0.2, 0.25) is 0 Å². The lowest BCUT2D eigenvalue weighted by Gasteiger charge is -2.15. The molecule has 0 saturated heterocycles. The largest absolute Gasteiger partial charge is 0.483 e. The van der Waals surface area contributed by atoms with Gasteiger partial charge in [-0.05, 0) is 24.1 Å². The number of halogens is 3. The molecule has 1 aromatic carbocycles. The molecule has 1 amide bonds. The maximum absolute atomic E-state index is 12.9. The highest BCUT2D eigenvalue weighted by Gasteiger charge is 2.34. The molecule has 0 atom stereocenters. The number of carbonyl (C=O) groups excluding carboxylic acids is 1. The van der Waals surface area contributed by atoms with Crippen molar-refractivity contribution in [3.63, 3.8) is 0 Å². The van der Waals surface area contributed by atoms with E-state index in [1.807, 2.05) is 6.92 Å². The van der Waals surface area contributed by atoms with Crippen LogP contribution in [0.15, 0.2) is 18.2 Å². The van der Waals surface area contributed by atoms with E-state index < -0.39 is 36.6 Å². The van der Waals surface area contributed by atoms with Crippen molar-refractivity contribution >= 4 is 5.91 Å². The number of alkyl halides is 3. The van der Waals surface area contributed by atoms with Crippen molar-refractivity contribution in [2.45, 2.75) is 32.5 Å². The number of amides is 1. The second kappa shape index (κ2) is 7.87. The number of rotatable bonds is 7. The Kier molecular flexibility index (Phi) is 6.48. The van der Waals surface area contributed by atoms with Crippen LogP contribution in [0.4, 0.5) is 13.2 Å². The summed E-state index contributed by atoms with van der Waals surface area (Å²) in [6, 6.07) is 3.23. The summed E-state index contributed by atoms with van der Waals surface area (Å²) in [6.45, 7) is 1.45. The standard InChI is InChI=1S/C14H18F3NO3/c1-2-3-6-18-13(20)9-21-12-5-4-10(8-19)7-11(12)14(15,16)17/h4-5,7,19H,2-3,6,8-9H2,1H3,(H,18,20). The molecular formula is C14H18F3NO3. The van der Waals surface area contributed by atoms with E-state index in [1.54, 1.807) is 0 Å². The monoisotopic (exact) mass is 305 g/mol. The quantitative estimate of drug-likeness (QED) is 0.761. The molecule has 0 saturated carbocycles. The maximum atomic E-state index is 12.9. The second-order valence-corrected chi connectivity index (χ2v) is 4.48. The molecule has 0 aliphatic heterocycles. The van der Waals surface area contributed by atoms with Crippen molar-refractivity contribution < 1.29 is 27.8 Å². The predicted molar refractivity (Wildman–Crippen MR) is 70.8 cm³/mol. The number of aliphatic hydroxyl groups is 1. The second-order valence-electron chi connectivity index (χ2n) is 4.48. The van der Waals surface area contributed by atoms with Crippen LogP contribution in [0.3, 0.4) is 0 Å².